The summed E-state index contributed by atoms with van der Waals surface area (Å²) in [5.41, 5.74) is 0.592. The third-order valence-electron chi connectivity index (χ3n) is 5.66. The third-order valence-corrected chi connectivity index (χ3v) is 5.66. The Labute approximate surface area is 154 Å². The van der Waals surface area contributed by atoms with Crippen molar-refractivity contribution in [3.63, 3.8) is 0 Å². The highest BCUT2D eigenvalue weighted by atomic mass is 19.3. The van der Waals surface area contributed by atoms with Crippen LogP contribution in [0, 0.1) is 0 Å². The van der Waals surface area contributed by atoms with E-state index >= 15 is 0 Å². The molecule has 2 N–H and O–H groups in total. The first-order valence-electron chi connectivity index (χ1n) is 9.08. The van der Waals surface area contributed by atoms with Crippen molar-refractivity contribution in [2.24, 2.45) is 0 Å². The quantitative estimate of drug-likeness (QED) is 0.860. The van der Waals surface area contributed by atoms with Crippen molar-refractivity contribution < 1.29 is 18.3 Å². The van der Waals surface area contributed by atoms with E-state index in [1.165, 1.54) is 0 Å². The van der Waals surface area contributed by atoms with Gasteiger partial charge in [0.15, 0.2) is 5.67 Å². The fraction of sp³-hybridized carbons (Fsp3) is 0.474. The molecule has 2 aromatic rings. The van der Waals surface area contributed by atoms with Crippen LogP contribution in [0.1, 0.15) is 23.2 Å². The molecule has 142 valence electrons. The molecule has 3 heterocycles. The Kier molecular flexibility index (Phi) is 3.55. The lowest BCUT2D eigenvalue weighted by atomic mass is 9.89. The van der Waals surface area contributed by atoms with Crippen LogP contribution in [0.15, 0.2) is 24.3 Å². The molecule has 0 amide bonds. The molecular weight excluding hydrogens is 357 g/mol. The van der Waals surface area contributed by atoms with E-state index in [1.807, 2.05) is 0 Å². The summed E-state index contributed by atoms with van der Waals surface area (Å²) in [5, 5.41) is 12.4. The number of alkyl halides is 3. The number of rotatable bonds is 3. The van der Waals surface area contributed by atoms with Crippen LogP contribution in [-0.2, 0) is 18.0 Å². The molecule has 3 aliphatic rings. The van der Waals surface area contributed by atoms with Gasteiger partial charge in [-0.3, -0.25) is 0 Å². The van der Waals surface area contributed by atoms with Gasteiger partial charge in [-0.2, -0.15) is 8.78 Å². The lowest BCUT2D eigenvalue weighted by Gasteiger charge is -2.36. The predicted octanol–water partition coefficient (Wildman–Crippen LogP) is 2.13. The third kappa shape index (κ3) is 2.62. The highest BCUT2D eigenvalue weighted by Gasteiger charge is 2.44. The number of anilines is 1. The van der Waals surface area contributed by atoms with Gasteiger partial charge in [-0.25, -0.2) is 14.4 Å². The van der Waals surface area contributed by atoms with Crippen LogP contribution in [0.2, 0.25) is 0 Å². The second kappa shape index (κ2) is 5.65. The molecule has 5 rings (SSSR count). The Morgan fingerprint density at radius 3 is 2.37 bits per heavy atom. The van der Waals surface area contributed by atoms with Gasteiger partial charge in [0.25, 0.3) is 5.92 Å². The molecular formula is C19H19F3N4O. The summed E-state index contributed by atoms with van der Waals surface area (Å²) in [5.74, 6) is -2.77. The molecule has 0 radical (unpaired) electrons. The number of nitrogens with zero attached hydrogens (tertiary/aromatic N) is 3. The molecule has 0 unspecified atom stereocenters. The zero-order valence-corrected chi connectivity index (χ0v) is 14.6. The van der Waals surface area contributed by atoms with Crippen molar-refractivity contribution in [2.45, 2.75) is 30.5 Å². The normalized spacial score (nSPS) is 22.9. The zero-order chi connectivity index (χ0) is 18.8. The molecule has 1 aromatic heterocycles. The fourth-order valence-corrected chi connectivity index (χ4v) is 3.89. The molecule has 2 fully saturated rings. The standard InChI is InChI=1S/C19H19F3N4O/c20-18(9-23-10-18)12-3-1-11(2-4-12)15-14-5-6-19(21,22)16(14)25-17(24-15)26-7-13(27)8-26/h1-4,13,23,27H,5-10H2. The van der Waals surface area contributed by atoms with Crippen LogP contribution >= 0.6 is 0 Å². The maximum absolute atomic E-state index is 14.5. The van der Waals surface area contributed by atoms with Crippen molar-refractivity contribution in [1.82, 2.24) is 15.3 Å². The maximum Gasteiger partial charge on any atom is 0.290 e. The van der Waals surface area contributed by atoms with Crippen LogP contribution in [0.5, 0.6) is 0 Å². The van der Waals surface area contributed by atoms with Crippen LogP contribution in [0.4, 0.5) is 19.1 Å². The highest BCUT2D eigenvalue weighted by Crippen LogP contribution is 2.44. The summed E-state index contributed by atoms with van der Waals surface area (Å²) < 4.78 is 43.2. The number of benzene rings is 1. The van der Waals surface area contributed by atoms with Crippen LogP contribution < -0.4 is 10.2 Å². The topological polar surface area (TPSA) is 61.3 Å². The summed E-state index contributed by atoms with van der Waals surface area (Å²) >= 11 is 0. The number of nitrogens with one attached hydrogen (secondary N) is 1. The molecule has 2 saturated heterocycles. The average Bonchev–Trinajstić information content (AvgIpc) is 2.91. The smallest absolute Gasteiger partial charge is 0.290 e. The molecule has 8 heteroatoms. The number of hydrogen-bond donors (Lipinski definition) is 2. The Hall–Kier alpha value is -2.19. The molecule has 0 atom stereocenters. The molecule has 2 aliphatic heterocycles. The molecule has 1 aromatic carbocycles. The van der Waals surface area contributed by atoms with Gasteiger partial charge >= 0.3 is 0 Å². The summed E-state index contributed by atoms with van der Waals surface area (Å²) in [6.07, 6.45) is -0.561. The second-order valence-electron chi connectivity index (χ2n) is 7.61. The van der Waals surface area contributed by atoms with Gasteiger partial charge in [0, 0.05) is 43.7 Å². The Morgan fingerprint density at radius 1 is 1.07 bits per heavy atom. The van der Waals surface area contributed by atoms with Gasteiger partial charge < -0.3 is 15.3 Å². The van der Waals surface area contributed by atoms with Crippen LogP contribution in [-0.4, -0.2) is 47.4 Å². The fourth-order valence-electron chi connectivity index (χ4n) is 3.89. The van der Waals surface area contributed by atoms with E-state index in [0.29, 0.717) is 35.5 Å². The van der Waals surface area contributed by atoms with Crippen molar-refractivity contribution in [3.8, 4) is 11.3 Å². The minimum atomic E-state index is -2.98. The SMILES string of the molecule is OC1CN(c2nc(-c3ccc(C4(F)CNC4)cc3)c3c(n2)C(F)(F)CC3)C1. The van der Waals surface area contributed by atoms with E-state index in [9.17, 15) is 18.3 Å². The average molecular weight is 376 g/mol. The first-order chi connectivity index (χ1) is 12.9. The molecule has 0 spiro atoms. The summed E-state index contributed by atoms with van der Waals surface area (Å²) in [6, 6.07) is 6.88. The molecule has 1 aliphatic carbocycles. The van der Waals surface area contributed by atoms with Crippen molar-refractivity contribution in [1.29, 1.82) is 0 Å². The van der Waals surface area contributed by atoms with E-state index in [1.54, 1.807) is 29.2 Å². The van der Waals surface area contributed by atoms with Gasteiger partial charge in [-0.15, -0.1) is 0 Å². The van der Waals surface area contributed by atoms with Crippen LogP contribution in [0.3, 0.4) is 0 Å². The predicted molar refractivity (Wildman–Crippen MR) is 93.6 cm³/mol. The molecule has 0 saturated carbocycles. The Morgan fingerprint density at radius 2 is 1.78 bits per heavy atom. The monoisotopic (exact) mass is 376 g/mol. The summed E-state index contributed by atoms with van der Waals surface area (Å²) in [7, 11) is 0. The van der Waals surface area contributed by atoms with Gasteiger partial charge in [-0.1, -0.05) is 24.3 Å². The molecule has 5 nitrogen and oxygen atoms in total. The maximum atomic E-state index is 14.5. The summed E-state index contributed by atoms with van der Waals surface area (Å²) in [4.78, 5) is 10.3. The molecule has 27 heavy (non-hydrogen) atoms. The van der Waals surface area contributed by atoms with E-state index in [-0.39, 0.29) is 37.6 Å². The first-order valence-corrected chi connectivity index (χ1v) is 9.08. The second-order valence-corrected chi connectivity index (χ2v) is 7.61. The lowest BCUT2D eigenvalue weighted by Crippen LogP contribution is -2.53. The number of halogens is 3. The number of fused-ring (bicyclic) bond motifs is 1. The van der Waals surface area contributed by atoms with Crippen LogP contribution in [0.25, 0.3) is 11.3 Å². The highest BCUT2D eigenvalue weighted by molar-refractivity contribution is 5.67. The van der Waals surface area contributed by atoms with E-state index < -0.39 is 17.7 Å². The van der Waals surface area contributed by atoms with Crippen molar-refractivity contribution in [2.75, 3.05) is 31.1 Å². The Balaban J connectivity index is 1.57. The number of β-amino-alcohol motifs (C(OH)–C–C–N with tert-alkyl or cyclic N) is 1. The lowest BCUT2D eigenvalue weighted by molar-refractivity contribution is -0.00596. The summed E-state index contributed by atoms with van der Waals surface area (Å²) in [6.45, 7) is 1.23. The van der Waals surface area contributed by atoms with Gasteiger partial charge in [0.2, 0.25) is 5.95 Å². The number of aliphatic hydroxyl groups is 1. The van der Waals surface area contributed by atoms with Crippen molar-refractivity contribution >= 4 is 5.95 Å². The van der Waals surface area contributed by atoms with E-state index in [0.717, 1.165) is 0 Å². The first kappa shape index (κ1) is 16.9. The van der Waals surface area contributed by atoms with E-state index in [4.69, 9.17) is 0 Å². The molecule has 0 bridgehead atoms. The van der Waals surface area contributed by atoms with Gasteiger partial charge in [-0.05, 0) is 12.0 Å². The largest absolute Gasteiger partial charge is 0.389 e. The van der Waals surface area contributed by atoms with Gasteiger partial charge in [0.05, 0.1) is 11.8 Å². The zero-order valence-electron chi connectivity index (χ0n) is 14.6. The number of hydrogen-bond acceptors (Lipinski definition) is 5. The number of aliphatic hydroxyl groups excluding tert-OH is 1. The van der Waals surface area contributed by atoms with Gasteiger partial charge in [0.1, 0.15) is 5.69 Å². The minimum absolute atomic E-state index is 0.208. The van der Waals surface area contributed by atoms with Crippen molar-refractivity contribution in [3.05, 3.63) is 41.1 Å². The number of aromatic nitrogens is 2. The Bertz CT molecular complexity index is 893. The minimum Gasteiger partial charge on any atom is -0.389 e. The van der Waals surface area contributed by atoms with E-state index in [2.05, 4.69) is 15.3 Å².